The third-order valence-corrected chi connectivity index (χ3v) is 8.23. The summed E-state index contributed by atoms with van der Waals surface area (Å²) in [5.74, 6) is 0. The van der Waals surface area contributed by atoms with E-state index in [1.807, 2.05) is 12.1 Å². The van der Waals surface area contributed by atoms with Gasteiger partial charge >= 0.3 is 0 Å². The van der Waals surface area contributed by atoms with Crippen LogP contribution in [0.3, 0.4) is 0 Å². The minimum atomic E-state index is 0.619. The smallest absolute Gasteiger partial charge is 0.0541 e. The van der Waals surface area contributed by atoms with Crippen LogP contribution in [-0.4, -0.2) is 9.13 Å². The third-order valence-electron chi connectivity index (χ3n) is 7.80. The maximum atomic E-state index is 6.41. The van der Waals surface area contributed by atoms with Gasteiger partial charge in [0.05, 0.1) is 22.1 Å². The number of benzene rings is 6. The molecule has 0 aliphatic carbocycles. The second-order valence-corrected chi connectivity index (χ2v) is 11.0. The van der Waals surface area contributed by atoms with Gasteiger partial charge in [0.2, 0.25) is 0 Å². The Labute approximate surface area is 241 Å². The topological polar surface area (TPSA) is 9.86 Å². The summed E-state index contributed by atoms with van der Waals surface area (Å²) in [7, 11) is 0. The molecule has 0 saturated heterocycles. The first-order chi connectivity index (χ1) is 19.7. The predicted octanol–water partition coefficient (Wildman–Crippen LogP) is 10.9. The Morgan fingerprint density at radius 3 is 1.35 bits per heavy atom. The van der Waals surface area contributed by atoms with E-state index in [2.05, 4.69) is 124 Å². The van der Waals surface area contributed by atoms with Crippen LogP contribution >= 0.6 is 23.2 Å². The molecule has 0 amide bonds. The molecule has 0 N–H and O–H groups in total. The highest BCUT2D eigenvalue weighted by molar-refractivity contribution is 6.35. The Morgan fingerprint density at radius 1 is 0.350 bits per heavy atom. The van der Waals surface area contributed by atoms with E-state index in [-0.39, 0.29) is 0 Å². The number of rotatable bonds is 3. The van der Waals surface area contributed by atoms with E-state index in [0.29, 0.717) is 10.0 Å². The summed E-state index contributed by atoms with van der Waals surface area (Å²) < 4.78 is 4.59. The number of para-hydroxylation sites is 3. The molecule has 0 aliphatic rings. The molecule has 8 aromatic rings. The second kappa shape index (κ2) is 9.02. The van der Waals surface area contributed by atoms with Crippen LogP contribution in [0.4, 0.5) is 0 Å². The molecule has 6 aromatic carbocycles. The molecule has 2 aromatic heterocycles. The Kier molecular flexibility index (Phi) is 5.28. The van der Waals surface area contributed by atoms with Crippen molar-refractivity contribution in [1.82, 2.24) is 9.13 Å². The maximum absolute atomic E-state index is 6.41. The lowest BCUT2D eigenvalue weighted by Gasteiger charge is -2.10. The van der Waals surface area contributed by atoms with Crippen LogP contribution in [0.2, 0.25) is 10.0 Å². The van der Waals surface area contributed by atoms with Crippen molar-refractivity contribution >= 4 is 66.8 Å². The van der Waals surface area contributed by atoms with Crippen LogP contribution < -0.4 is 0 Å². The van der Waals surface area contributed by atoms with Gasteiger partial charge in [-0.15, -0.1) is 0 Å². The monoisotopic (exact) mass is 552 g/mol. The molecule has 0 spiro atoms. The summed E-state index contributed by atoms with van der Waals surface area (Å²) in [6, 6.07) is 46.9. The summed E-state index contributed by atoms with van der Waals surface area (Å²) >= 11 is 12.8. The van der Waals surface area contributed by atoms with E-state index in [0.717, 1.165) is 22.4 Å². The lowest BCUT2D eigenvalue weighted by atomic mass is 10.0. The number of nitrogens with zero attached hydrogens (tertiary/aromatic N) is 2. The van der Waals surface area contributed by atoms with Crippen molar-refractivity contribution in [3.05, 3.63) is 144 Å². The van der Waals surface area contributed by atoms with Crippen LogP contribution in [0.5, 0.6) is 0 Å². The lowest BCUT2D eigenvalue weighted by Crippen LogP contribution is -1.94. The molecular weight excluding hydrogens is 531 g/mol. The molecule has 0 bridgehead atoms. The van der Waals surface area contributed by atoms with Gasteiger partial charge in [-0.3, -0.25) is 0 Å². The van der Waals surface area contributed by atoms with Crippen molar-refractivity contribution in [2.24, 2.45) is 0 Å². The van der Waals surface area contributed by atoms with Gasteiger partial charge in [0.25, 0.3) is 0 Å². The van der Waals surface area contributed by atoms with Crippen molar-refractivity contribution in [2.45, 2.75) is 0 Å². The Hall–Kier alpha value is -4.50. The number of hydrogen-bond acceptors (Lipinski definition) is 0. The zero-order chi connectivity index (χ0) is 26.8. The van der Waals surface area contributed by atoms with E-state index >= 15 is 0 Å². The van der Waals surface area contributed by atoms with E-state index < -0.39 is 0 Å². The number of halogens is 2. The summed E-state index contributed by atoms with van der Waals surface area (Å²) in [5, 5.41) is 6.11. The van der Waals surface area contributed by atoms with Crippen molar-refractivity contribution in [2.75, 3.05) is 0 Å². The van der Waals surface area contributed by atoms with Gasteiger partial charge < -0.3 is 9.13 Å². The lowest BCUT2D eigenvalue weighted by molar-refractivity contribution is 1.18. The van der Waals surface area contributed by atoms with Gasteiger partial charge in [-0.2, -0.15) is 0 Å². The van der Waals surface area contributed by atoms with E-state index in [1.165, 1.54) is 43.7 Å². The number of aromatic nitrogens is 2. The van der Waals surface area contributed by atoms with Crippen molar-refractivity contribution in [1.29, 1.82) is 0 Å². The molecule has 2 heterocycles. The van der Waals surface area contributed by atoms with Gasteiger partial charge in [-0.25, -0.2) is 0 Å². The summed E-state index contributed by atoms with van der Waals surface area (Å²) in [5.41, 5.74) is 9.12. The van der Waals surface area contributed by atoms with E-state index in [1.54, 1.807) is 6.07 Å². The number of fused-ring (bicyclic) bond motifs is 6. The minimum Gasteiger partial charge on any atom is -0.309 e. The van der Waals surface area contributed by atoms with Crippen LogP contribution in [0.25, 0.3) is 66.1 Å². The third kappa shape index (κ3) is 3.57. The molecule has 4 heteroatoms. The zero-order valence-corrected chi connectivity index (χ0v) is 22.9. The molecule has 0 fully saturated rings. The summed E-state index contributed by atoms with van der Waals surface area (Å²) in [4.78, 5) is 0. The van der Waals surface area contributed by atoms with Gasteiger partial charge in [-0.1, -0.05) is 89.9 Å². The highest BCUT2D eigenvalue weighted by atomic mass is 35.5. The van der Waals surface area contributed by atoms with E-state index in [4.69, 9.17) is 23.2 Å². The fourth-order valence-corrected chi connectivity index (χ4v) is 6.62. The van der Waals surface area contributed by atoms with E-state index in [9.17, 15) is 0 Å². The van der Waals surface area contributed by atoms with Crippen LogP contribution in [0.1, 0.15) is 0 Å². The van der Waals surface area contributed by atoms with Gasteiger partial charge in [0.15, 0.2) is 0 Å². The summed E-state index contributed by atoms with van der Waals surface area (Å²) in [6.45, 7) is 0. The zero-order valence-electron chi connectivity index (χ0n) is 21.4. The molecule has 0 saturated carbocycles. The van der Waals surface area contributed by atoms with Crippen molar-refractivity contribution in [3.8, 4) is 22.5 Å². The number of hydrogen-bond donors (Lipinski definition) is 0. The predicted molar refractivity (Wildman–Crippen MR) is 171 cm³/mol. The average molecular weight is 553 g/mol. The largest absolute Gasteiger partial charge is 0.309 e. The SMILES string of the molecule is Clc1cc(Cl)cc(-n2c3ccccc3c3cc(-c4ccc5c(c4)c4ccccc4n5-c4ccccc4)ccc32)c1. The first-order valence-corrected chi connectivity index (χ1v) is 14.0. The Bertz CT molecular complexity index is 2220. The van der Waals surface area contributed by atoms with Crippen molar-refractivity contribution < 1.29 is 0 Å². The summed E-state index contributed by atoms with van der Waals surface area (Å²) in [6.07, 6.45) is 0. The molecule has 190 valence electrons. The molecule has 8 rings (SSSR count). The highest BCUT2D eigenvalue weighted by Gasteiger charge is 2.16. The minimum absolute atomic E-state index is 0.619. The van der Waals surface area contributed by atoms with Crippen LogP contribution in [0, 0.1) is 0 Å². The average Bonchev–Trinajstić information content (AvgIpc) is 3.49. The van der Waals surface area contributed by atoms with Gasteiger partial charge in [0, 0.05) is 43.0 Å². The Morgan fingerprint density at radius 2 is 0.800 bits per heavy atom. The van der Waals surface area contributed by atoms with Crippen LogP contribution in [0.15, 0.2) is 133 Å². The standard InChI is InChI=1S/C36H22Cl2N2/c37-25-20-26(38)22-28(21-25)40-34-13-7-5-11-30(34)32-19-24(15-17-36(32)40)23-14-16-35-31(18-23)29-10-4-6-12-33(29)39(35)27-8-2-1-3-9-27/h1-22H. The molecular formula is C36H22Cl2N2. The molecule has 0 atom stereocenters. The van der Waals surface area contributed by atoms with Crippen molar-refractivity contribution in [3.63, 3.8) is 0 Å². The highest BCUT2D eigenvalue weighted by Crippen LogP contribution is 2.38. The normalized spacial score (nSPS) is 11.8. The molecule has 0 aliphatic heterocycles. The fourth-order valence-electron chi connectivity index (χ4n) is 6.11. The first-order valence-electron chi connectivity index (χ1n) is 13.2. The second-order valence-electron chi connectivity index (χ2n) is 10.1. The van der Waals surface area contributed by atoms with Gasteiger partial charge in [-0.05, 0) is 77.9 Å². The maximum Gasteiger partial charge on any atom is 0.0541 e. The fraction of sp³-hybridized carbons (Fsp3) is 0. The van der Waals surface area contributed by atoms with Gasteiger partial charge in [0.1, 0.15) is 0 Å². The molecule has 2 nitrogen and oxygen atoms in total. The quantitative estimate of drug-likeness (QED) is 0.206. The Balaban J connectivity index is 1.36. The van der Waals surface area contributed by atoms with Crippen LogP contribution in [-0.2, 0) is 0 Å². The first kappa shape index (κ1) is 23.4. The molecule has 40 heavy (non-hydrogen) atoms. The molecule has 0 radical (unpaired) electrons. The molecule has 0 unspecified atom stereocenters.